The lowest BCUT2D eigenvalue weighted by Gasteiger charge is -2.18. The summed E-state index contributed by atoms with van der Waals surface area (Å²) < 4.78 is 0. The van der Waals surface area contributed by atoms with Crippen molar-refractivity contribution in [2.24, 2.45) is 29.6 Å². The fourth-order valence-corrected chi connectivity index (χ4v) is 4.05. The van der Waals surface area contributed by atoms with Crippen molar-refractivity contribution in [2.75, 3.05) is 26.7 Å². The second-order valence-electron chi connectivity index (χ2n) is 6.58. The summed E-state index contributed by atoms with van der Waals surface area (Å²) in [7, 11) is 1.80. The van der Waals surface area contributed by atoms with Gasteiger partial charge in [0.05, 0.1) is 11.8 Å². The van der Waals surface area contributed by atoms with E-state index >= 15 is 0 Å². The molecule has 0 aromatic carbocycles. The normalized spacial score (nSPS) is 32.0. The second-order valence-corrected chi connectivity index (χ2v) is 6.58. The number of imide groups is 1. The van der Waals surface area contributed by atoms with Gasteiger partial charge in [-0.05, 0) is 25.3 Å². The number of nitrogens with one attached hydrogen (secondary N) is 2. The summed E-state index contributed by atoms with van der Waals surface area (Å²) in [5.74, 6) is -0.121. The van der Waals surface area contributed by atoms with Crippen LogP contribution in [0.3, 0.4) is 0 Å². The summed E-state index contributed by atoms with van der Waals surface area (Å²) in [4.78, 5) is 38.1. The second kappa shape index (κ2) is 7.01. The van der Waals surface area contributed by atoms with Gasteiger partial charge < -0.3 is 10.6 Å². The first-order valence-electron chi connectivity index (χ1n) is 8.00. The number of carbonyl (C=O) groups is 3. The van der Waals surface area contributed by atoms with Gasteiger partial charge in [-0.3, -0.25) is 19.3 Å². The molecule has 5 unspecified atom stereocenters. The average Bonchev–Trinajstić information content (AvgIpc) is 3.16. The third-order valence-electron chi connectivity index (χ3n) is 5.15. The standard InChI is InChI=1S/C16H23N3O3.ClH/c1-9(8-17-2)14(20)18-5-6-19-15(21)12-10-3-4-11(7-10)13(12)16(19)22;/h3-4,9-13,17H,5-8H2,1-2H3,(H,18,20);1H. The van der Waals surface area contributed by atoms with Crippen molar-refractivity contribution < 1.29 is 14.4 Å². The minimum atomic E-state index is -0.151. The summed E-state index contributed by atoms with van der Waals surface area (Å²) in [6.07, 6.45) is 5.11. The van der Waals surface area contributed by atoms with Gasteiger partial charge in [0.2, 0.25) is 17.7 Å². The maximum Gasteiger partial charge on any atom is 0.233 e. The molecule has 7 heteroatoms. The topological polar surface area (TPSA) is 78.5 Å². The van der Waals surface area contributed by atoms with Crippen LogP contribution in [-0.4, -0.2) is 49.3 Å². The van der Waals surface area contributed by atoms with E-state index in [1.54, 1.807) is 7.05 Å². The number of likely N-dealkylation sites (tertiary alicyclic amines) is 1. The van der Waals surface area contributed by atoms with Gasteiger partial charge in [0, 0.05) is 25.6 Å². The molecule has 6 nitrogen and oxygen atoms in total. The molecule has 0 radical (unpaired) electrons. The molecule has 1 aliphatic heterocycles. The van der Waals surface area contributed by atoms with Crippen molar-refractivity contribution in [1.29, 1.82) is 0 Å². The van der Waals surface area contributed by atoms with Gasteiger partial charge >= 0.3 is 0 Å². The van der Waals surface area contributed by atoms with E-state index < -0.39 is 0 Å². The monoisotopic (exact) mass is 341 g/mol. The predicted molar refractivity (Wildman–Crippen MR) is 87.8 cm³/mol. The highest BCUT2D eigenvalue weighted by Crippen LogP contribution is 2.52. The maximum absolute atomic E-state index is 12.4. The first-order chi connectivity index (χ1) is 10.5. The van der Waals surface area contributed by atoms with Crippen LogP contribution in [0.2, 0.25) is 0 Å². The van der Waals surface area contributed by atoms with Crippen LogP contribution < -0.4 is 10.6 Å². The fraction of sp³-hybridized carbons (Fsp3) is 0.688. The summed E-state index contributed by atoms with van der Waals surface area (Å²) in [5.41, 5.74) is 0. The number of hydrogen-bond donors (Lipinski definition) is 2. The minimum Gasteiger partial charge on any atom is -0.354 e. The van der Waals surface area contributed by atoms with E-state index in [0.29, 0.717) is 13.1 Å². The lowest BCUT2D eigenvalue weighted by Crippen LogP contribution is -2.42. The van der Waals surface area contributed by atoms with E-state index in [2.05, 4.69) is 22.8 Å². The van der Waals surface area contributed by atoms with Crippen LogP contribution in [-0.2, 0) is 14.4 Å². The largest absolute Gasteiger partial charge is 0.354 e. The van der Waals surface area contributed by atoms with Crippen molar-refractivity contribution in [2.45, 2.75) is 13.3 Å². The van der Waals surface area contributed by atoms with E-state index in [9.17, 15) is 14.4 Å². The molecule has 5 atom stereocenters. The molecular formula is C16H24ClN3O3. The van der Waals surface area contributed by atoms with Gasteiger partial charge in [-0.15, -0.1) is 12.4 Å². The Balaban J connectivity index is 0.00000192. The highest BCUT2D eigenvalue weighted by Gasteiger charge is 2.58. The third-order valence-corrected chi connectivity index (χ3v) is 5.15. The highest BCUT2D eigenvalue weighted by atomic mass is 35.5. The summed E-state index contributed by atoms with van der Waals surface area (Å²) in [6, 6.07) is 0. The maximum atomic E-state index is 12.4. The summed E-state index contributed by atoms with van der Waals surface area (Å²) in [5, 5.41) is 5.75. The smallest absolute Gasteiger partial charge is 0.233 e. The van der Waals surface area contributed by atoms with Gasteiger partial charge in [-0.25, -0.2) is 0 Å². The van der Waals surface area contributed by atoms with Crippen molar-refractivity contribution in [1.82, 2.24) is 15.5 Å². The Morgan fingerprint density at radius 1 is 1.26 bits per heavy atom. The fourth-order valence-electron chi connectivity index (χ4n) is 4.05. The Morgan fingerprint density at radius 2 is 1.83 bits per heavy atom. The van der Waals surface area contributed by atoms with E-state index in [1.807, 2.05) is 6.92 Å². The Bertz CT molecular complexity index is 507. The summed E-state index contributed by atoms with van der Waals surface area (Å²) in [6.45, 7) is 3.05. The zero-order chi connectivity index (χ0) is 15.9. The number of halogens is 1. The van der Waals surface area contributed by atoms with Gasteiger partial charge in [0.1, 0.15) is 0 Å². The predicted octanol–water partition coefficient (Wildman–Crippen LogP) is 0.187. The minimum absolute atomic E-state index is 0. The molecule has 0 spiro atoms. The molecule has 3 amide bonds. The molecule has 1 saturated heterocycles. The number of hydrogen-bond acceptors (Lipinski definition) is 4. The third kappa shape index (κ3) is 3.02. The van der Waals surface area contributed by atoms with Crippen LogP contribution in [0.25, 0.3) is 0 Å². The first kappa shape index (κ1) is 17.9. The summed E-state index contributed by atoms with van der Waals surface area (Å²) >= 11 is 0. The van der Waals surface area contributed by atoms with Gasteiger partial charge in [0.15, 0.2) is 0 Å². The number of amides is 3. The van der Waals surface area contributed by atoms with Gasteiger partial charge in [-0.1, -0.05) is 19.1 Å². The highest BCUT2D eigenvalue weighted by molar-refractivity contribution is 6.06. The lowest BCUT2D eigenvalue weighted by atomic mass is 9.85. The Morgan fingerprint density at radius 3 is 2.35 bits per heavy atom. The van der Waals surface area contributed by atoms with Crippen molar-refractivity contribution in [3.63, 3.8) is 0 Å². The van der Waals surface area contributed by atoms with Crippen LogP contribution in [0.15, 0.2) is 12.2 Å². The zero-order valence-electron chi connectivity index (χ0n) is 13.5. The molecule has 3 aliphatic rings. The number of carbonyl (C=O) groups excluding carboxylic acids is 3. The molecule has 3 rings (SSSR count). The van der Waals surface area contributed by atoms with E-state index in [-0.39, 0.29) is 66.3 Å². The number of nitrogens with zero attached hydrogens (tertiary/aromatic N) is 1. The number of allylic oxidation sites excluding steroid dienone is 2. The van der Waals surface area contributed by atoms with Crippen LogP contribution in [0.4, 0.5) is 0 Å². The average molecular weight is 342 g/mol. The molecule has 128 valence electrons. The van der Waals surface area contributed by atoms with Crippen LogP contribution in [0, 0.1) is 29.6 Å². The molecule has 1 saturated carbocycles. The van der Waals surface area contributed by atoms with Crippen LogP contribution in [0.5, 0.6) is 0 Å². The molecule has 23 heavy (non-hydrogen) atoms. The Kier molecular flexibility index (Phi) is 5.47. The molecule has 2 fully saturated rings. The molecule has 1 heterocycles. The SMILES string of the molecule is CNCC(C)C(=O)NCCN1C(=O)C2C3C=CC(C3)C2C1=O.Cl. The molecule has 2 aliphatic carbocycles. The number of fused-ring (bicyclic) bond motifs is 5. The van der Waals surface area contributed by atoms with E-state index in [0.717, 1.165) is 6.42 Å². The Labute approximate surface area is 142 Å². The van der Waals surface area contributed by atoms with E-state index in [1.165, 1.54) is 4.90 Å². The van der Waals surface area contributed by atoms with Gasteiger partial charge in [-0.2, -0.15) is 0 Å². The first-order valence-corrected chi connectivity index (χ1v) is 8.00. The zero-order valence-corrected chi connectivity index (χ0v) is 14.3. The quantitative estimate of drug-likeness (QED) is 0.534. The van der Waals surface area contributed by atoms with Crippen molar-refractivity contribution in [3.8, 4) is 0 Å². The molecule has 0 aromatic rings. The van der Waals surface area contributed by atoms with Crippen LogP contribution in [0.1, 0.15) is 13.3 Å². The van der Waals surface area contributed by atoms with Crippen molar-refractivity contribution >= 4 is 30.1 Å². The lowest BCUT2D eigenvalue weighted by molar-refractivity contribution is -0.141. The molecule has 2 bridgehead atoms. The number of rotatable bonds is 6. The van der Waals surface area contributed by atoms with Crippen molar-refractivity contribution in [3.05, 3.63) is 12.2 Å². The molecule has 2 N–H and O–H groups in total. The molecule has 0 aromatic heterocycles. The van der Waals surface area contributed by atoms with Crippen LogP contribution >= 0.6 is 12.4 Å². The van der Waals surface area contributed by atoms with E-state index in [4.69, 9.17) is 0 Å². The van der Waals surface area contributed by atoms with Gasteiger partial charge in [0.25, 0.3) is 0 Å². The Hall–Kier alpha value is -1.40. The molecular weight excluding hydrogens is 318 g/mol.